The minimum absolute atomic E-state index is 0.00709. The molecule has 0 aromatic heterocycles. The zero-order valence-corrected chi connectivity index (χ0v) is 13.6. The molecule has 6 heteroatoms. The van der Waals surface area contributed by atoms with Gasteiger partial charge < -0.3 is 20.5 Å². The van der Waals surface area contributed by atoms with Crippen molar-refractivity contribution in [1.29, 1.82) is 0 Å². The molecule has 1 aliphatic heterocycles. The fourth-order valence-corrected chi connectivity index (χ4v) is 2.60. The Labute approximate surface area is 141 Å². The zero-order chi connectivity index (χ0) is 17.2. The lowest BCUT2D eigenvalue weighted by Gasteiger charge is -2.22. The molecule has 0 aliphatic carbocycles. The van der Waals surface area contributed by atoms with Crippen molar-refractivity contribution in [1.82, 2.24) is 10.6 Å². The van der Waals surface area contributed by atoms with Crippen LogP contribution in [-0.4, -0.2) is 35.8 Å². The predicted octanol–water partition coefficient (Wildman–Crippen LogP) is 2.45. The second kappa shape index (κ2) is 9.60. The number of aliphatic carboxylic acids is 1. The molecule has 2 amide bonds. The molecule has 24 heavy (non-hydrogen) atoms. The van der Waals surface area contributed by atoms with E-state index in [2.05, 4.69) is 10.6 Å². The molecule has 1 aromatic rings. The van der Waals surface area contributed by atoms with Gasteiger partial charge in [0.05, 0.1) is 12.8 Å². The number of ether oxygens (including phenoxy) is 1. The number of hydrogen-bond donors (Lipinski definition) is 3. The number of carbonyl (C=O) groups is 2. The number of urea groups is 1. The molecule has 2 rings (SSSR count). The van der Waals surface area contributed by atoms with E-state index in [1.165, 1.54) is 0 Å². The summed E-state index contributed by atoms with van der Waals surface area (Å²) in [5.41, 5.74) is 1.06. The number of rotatable bonds is 8. The first-order valence-electron chi connectivity index (χ1n) is 8.24. The van der Waals surface area contributed by atoms with Crippen LogP contribution in [0.4, 0.5) is 4.79 Å². The number of benzene rings is 1. The highest BCUT2D eigenvalue weighted by Gasteiger charge is 2.16. The van der Waals surface area contributed by atoms with Crippen LogP contribution in [0, 0.1) is 0 Å². The summed E-state index contributed by atoms with van der Waals surface area (Å²) >= 11 is 0. The average Bonchev–Trinajstić information content (AvgIpc) is 2.60. The van der Waals surface area contributed by atoms with Gasteiger partial charge in [-0.3, -0.25) is 4.79 Å². The maximum atomic E-state index is 12.1. The normalized spacial score (nSPS) is 17.6. The van der Waals surface area contributed by atoms with Crippen LogP contribution in [0.15, 0.2) is 42.7 Å². The molecule has 0 radical (unpaired) electrons. The van der Waals surface area contributed by atoms with Crippen LogP contribution in [0.1, 0.15) is 31.2 Å². The number of nitrogens with one attached hydrogen (secondary N) is 2. The summed E-state index contributed by atoms with van der Waals surface area (Å²) < 4.78 is 5.41. The summed E-state index contributed by atoms with van der Waals surface area (Å²) in [6, 6.07) is 9.20. The van der Waals surface area contributed by atoms with Gasteiger partial charge in [0.1, 0.15) is 6.10 Å². The Bertz CT molecular complexity index is 559. The van der Waals surface area contributed by atoms with E-state index in [1.807, 2.05) is 36.4 Å². The van der Waals surface area contributed by atoms with Crippen molar-refractivity contribution < 1.29 is 19.4 Å². The first-order chi connectivity index (χ1) is 11.6. The van der Waals surface area contributed by atoms with Crippen LogP contribution < -0.4 is 10.6 Å². The van der Waals surface area contributed by atoms with Gasteiger partial charge in [0, 0.05) is 12.5 Å². The van der Waals surface area contributed by atoms with Crippen LogP contribution in [0.2, 0.25) is 0 Å². The molecule has 0 bridgehead atoms. The second-order valence-corrected chi connectivity index (χ2v) is 5.88. The van der Waals surface area contributed by atoms with Gasteiger partial charge in [-0.15, -0.1) is 0 Å². The summed E-state index contributed by atoms with van der Waals surface area (Å²) in [7, 11) is 0. The number of hydrogen-bond acceptors (Lipinski definition) is 3. The molecule has 0 saturated carbocycles. The predicted molar refractivity (Wildman–Crippen MR) is 90.6 cm³/mol. The number of carboxylic acids is 1. The van der Waals surface area contributed by atoms with Crippen molar-refractivity contribution in [2.45, 2.75) is 44.2 Å². The largest absolute Gasteiger partial charge is 0.497 e. The lowest BCUT2D eigenvalue weighted by molar-refractivity contribution is -0.137. The molecule has 0 fully saturated rings. The fraction of sp³-hybridized carbons (Fsp3) is 0.444. The van der Waals surface area contributed by atoms with E-state index in [0.29, 0.717) is 19.4 Å². The van der Waals surface area contributed by atoms with Crippen molar-refractivity contribution >= 4 is 12.0 Å². The smallest absolute Gasteiger partial charge is 0.315 e. The van der Waals surface area contributed by atoms with E-state index < -0.39 is 5.97 Å². The highest BCUT2D eigenvalue weighted by Crippen LogP contribution is 2.10. The number of allylic oxidation sites excluding steroid dienone is 1. The third kappa shape index (κ3) is 6.73. The molecule has 1 aromatic carbocycles. The van der Waals surface area contributed by atoms with Crippen molar-refractivity contribution in [3.63, 3.8) is 0 Å². The van der Waals surface area contributed by atoms with Crippen molar-refractivity contribution in [2.24, 2.45) is 0 Å². The highest BCUT2D eigenvalue weighted by atomic mass is 16.5. The standard InChI is InChI=1S/C18H24N2O4/c21-17(22)10-9-15(12-14-6-2-1-3-7-14)20-18(23)19-13-16-8-4-5-11-24-16/h1-3,5-7,11,15-16H,4,8-10,12-13H2,(H,21,22)(H2,19,20,23). The van der Waals surface area contributed by atoms with Gasteiger partial charge in [0.25, 0.3) is 0 Å². The minimum Gasteiger partial charge on any atom is -0.497 e. The third-order valence-corrected chi connectivity index (χ3v) is 3.88. The first kappa shape index (κ1) is 17.8. The molecule has 2 atom stereocenters. The van der Waals surface area contributed by atoms with Gasteiger partial charge >= 0.3 is 12.0 Å². The lowest BCUT2D eigenvalue weighted by Crippen LogP contribution is -2.45. The van der Waals surface area contributed by atoms with E-state index in [1.54, 1.807) is 6.26 Å². The third-order valence-electron chi connectivity index (χ3n) is 3.88. The molecular weight excluding hydrogens is 308 g/mol. The summed E-state index contributed by atoms with van der Waals surface area (Å²) in [5.74, 6) is -0.863. The Balaban J connectivity index is 1.82. The highest BCUT2D eigenvalue weighted by molar-refractivity contribution is 5.74. The monoisotopic (exact) mass is 332 g/mol. The molecular formula is C18H24N2O4. The van der Waals surface area contributed by atoms with E-state index in [0.717, 1.165) is 18.4 Å². The first-order valence-corrected chi connectivity index (χ1v) is 8.24. The Morgan fingerprint density at radius 2 is 2.08 bits per heavy atom. The summed E-state index contributed by atoms with van der Waals surface area (Å²) in [5, 5.41) is 14.6. The summed E-state index contributed by atoms with van der Waals surface area (Å²) in [4.78, 5) is 22.9. The van der Waals surface area contributed by atoms with E-state index >= 15 is 0 Å². The summed E-state index contributed by atoms with van der Waals surface area (Å²) in [6.45, 7) is 0.438. The van der Waals surface area contributed by atoms with Gasteiger partial charge in [0.2, 0.25) is 0 Å². The van der Waals surface area contributed by atoms with Crippen molar-refractivity contribution in [2.75, 3.05) is 6.54 Å². The molecule has 0 saturated heterocycles. The van der Waals surface area contributed by atoms with Gasteiger partial charge in [0.15, 0.2) is 0 Å². The van der Waals surface area contributed by atoms with Crippen LogP contribution >= 0.6 is 0 Å². The lowest BCUT2D eigenvalue weighted by atomic mass is 10.0. The topological polar surface area (TPSA) is 87.7 Å². The number of carbonyl (C=O) groups excluding carboxylic acids is 1. The molecule has 1 heterocycles. The van der Waals surface area contributed by atoms with E-state index in [9.17, 15) is 9.59 Å². The SMILES string of the molecule is O=C(O)CCC(Cc1ccccc1)NC(=O)NCC1CCC=CO1. The quantitative estimate of drug-likeness (QED) is 0.682. The van der Waals surface area contributed by atoms with Gasteiger partial charge in [-0.25, -0.2) is 4.79 Å². The zero-order valence-electron chi connectivity index (χ0n) is 13.6. The molecule has 3 N–H and O–H groups in total. The molecule has 2 unspecified atom stereocenters. The fourth-order valence-electron chi connectivity index (χ4n) is 2.60. The Morgan fingerprint density at radius 3 is 2.75 bits per heavy atom. The molecule has 1 aliphatic rings. The maximum absolute atomic E-state index is 12.1. The van der Waals surface area contributed by atoms with Crippen LogP contribution in [0.25, 0.3) is 0 Å². The van der Waals surface area contributed by atoms with Gasteiger partial charge in [-0.2, -0.15) is 0 Å². The number of carboxylic acid groups (broad SMARTS) is 1. The van der Waals surface area contributed by atoms with E-state index in [-0.39, 0.29) is 24.6 Å². The Kier molecular flexibility index (Phi) is 7.14. The van der Waals surface area contributed by atoms with Gasteiger partial charge in [-0.05, 0) is 37.3 Å². The molecule has 0 spiro atoms. The van der Waals surface area contributed by atoms with Gasteiger partial charge in [-0.1, -0.05) is 30.3 Å². The van der Waals surface area contributed by atoms with Crippen LogP contribution in [-0.2, 0) is 16.0 Å². The van der Waals surface area contributed by atoms with Crippen LogP contribution in [0.5, 0.6) is 0 Å². The van der Waals surface area contributed by atoms with E-state index in [4.69, 9.17) is 9.84 Å². The second-order valence-electron chi connectivity index (χ2n) is 5.88. The Hall–Kier alpha value is -2.50. The van der Waals surface area contributed by atoms with Crippen LogP contribution in [0.3, 0.4) is 0 Å². The number of amides is 2. The minimum atomic E-state index is -0.863. The average molecular weight is 332 g/mol. The Morgan fingerprint density at radius 1 is 1.29 bits per heavy atom. The van der Waals surface area contributed by atoms with Crippen molar-refractivity contribution in [3.05, 3.63) is 48.2 Å². The maximum Gasteiger partial charge on any atom is 0.315 e. The molecule has 6 nitrogen and oxygen atoms in total. The molecule has 130 valence electrons. The summed E-state index contributed by atoms with van der Waals surface area (Å²) in [6.07, 6.45) is 6.45. The van der Waals surface area contributed by atoms with Crippen molar-refractivity contribution in [3.8, 4) is 0 Å².